The van der Waals surface area contributed by atoms with Gasteiger partial charge >= 0.3 is 11.9 Å². The van der Waals surface area contributed by atoms with Gasteiger partial charge in [0.15, 0.2) is 0 Å². The van der Waals surface area contributed by atoms with Crippen LogP contribution in [0.2, 0.25) is 0 Å². The Labute approximate surface area is 236 Å². The number of ether oxygens (including phenoxy) is 2. The first-order valence-corrected chi connectivity index (χ1v) is 14.0. The maximum atomic E-state index is 13.4. The number of hydrogen-bond donors (Lipinski definition) is 3. The molecule has 0 unspecified atom stereocenters. The molecule has 1 aromatic carbocycles. The van der Waals surface area contributed by atoms with E-state index >= 15 is 0 Å². The summed E-state index contributed by atoms with van der Waals surface area (Å²) in [4.78, 5) is 64.8. The predicted octanol–water partition coefficient (Wildman–Crippen LogP) is 2.74. The molecule has 10 nitrogen and oxygen atoms in total. The van der Waals surface area contributed by atoms with Crippen LogP contribution < -0.4 is 16.0 Å². The number of amides is 3. The third-order valence-electron chi connectivity index (χ3n) is 6.56. The summed E-state index contributed by atoms with van der Waals surface area (Å²) in [5.74, 6) is -3.00. The van der Waals surface area contributed by atoms with E-state index in [1.54, 1.807) is 13.0 Å². The van der Waals surface area contributed by atoms with Crippen molar-refractivity contribution in [3.05, 3.63) is 48.0 Å². The molecule has 5 atom stereocenters. The van der Waals surface area contributed by atoms with Crippen molar-refractivity contribution in [1.82, 2.24) is 16.0 Å². The first kappa shape index (κ1) is 32.5. The van der Waals surface area contributed by atoms with Crippen molar-refractivity contribution < 1.29 is 33.4 Å². The Bertz CT molecular complexity index is 1040. The second-order valence-corrected chi connectivity index (χ2v) is 10.4. The van der Waals surface area contributed by atoms with Crippen molar-refractivity contribution >= 4 is 29.7 Å². The van der Waals surface area contributed by atoms with Crippen LogP contribution in [-0.2, 0) is 39.9 Å². The second-order valence-electron chi connectivity index (χ2n) is 10.4. The van der Waals surface area contributed by atoms with Gasteiger partial charge in [0.05, 0.1) is 18.9 Å². The van der Waals surface area contributed by atoms with Crippen LogP contribution in [0.5, 0.6) is 0 Å². The van der Waals surface area contributed by atoms with E-state index in [1.165, 1.54) is 6.92 Å². The summed E-state index contributed by atoms with van der Waals surface area (Å²) in [6, 6.07) is 6.61. The van der Waals surface area contributed by atoms with Gasteiger partial charge in [0.25, 0.3) is 0 Å². The number of hydrogen-bond acceptors (Lipinski definition) is 7. The van der Waals surface area contributed by atoms with Gasteiger partial charge in [-0.25, -0.2) is 0 Å². The molecule has 1 aliphatic heterocycles. The molecule has 3 N–H and O–H groups in total. The summed E-state index contributed by atoms with van der Waals surface area (Å²) in [5, 5.41) is 8.40. The molecular formula is C30H43N3O7. The average Bonchev–Trinajstić information content (AvgIpc) is 2.89. The van der Waals surface area contributed by atoms with Gasteiger partial charge in [0.2, 0.25) is 17.7 Å². The number of benzene rings is 1. The molecule has 1 aliphatic rings. The predicted molar refractivity (Wildman–Crippen MR) is 150 cm³/mol. The maximum Gasteiger partial charge on any atom is 0.310 e. The number of carbonyl (C=O) groups excluding carboxylic acids is 5. The third kappa shape index (κ3) is 10.8. The van der Waals surface area contributed by atoms with Crippen LogP contribution in [-0.4, -0.2) is 60.0 Å². The minimum atomic E-state index is -1.01. The van der Waals surface area contributed by atoms with Gasteiger partial charge < -0.3 is 25.4 Å². The van der Waals surface area contributed by atoms with E-state index in [2.05, 4.69) is 16.0 Å². The molecule has 1 aromatic rings. The zero-order valence-electron chi connectivity index (χ0n) is 24.1. The second kappa shape index (κ2) is 16.4. The van der Waals surface area contributed by atoms with Gasteiger partial charge in [-0.3, -0.25) is 24.0 Å². The maximum absolute atomic E-state index is 13.4. The molecule has 2 rings (SSSR count). The number of carbonyl (C=O) groups is 5. The minimum absolute atomic E-state index is 0.204. The number of nitrogens with one attached hydrogen (secondary N) is 3. The molecule has 0 radical (unpaired) electrons. The van der Waals surface area contributed by atoms with Crippen LogP contribution in [0.4, 0.5) is 0 Å². The first-order valence-electron chi connectivity index (χ1n) is 14.0. The summed E-state index contributed by atoms with van der Waals surface area (Å²) < 4.78 is 11.1. The normalized spacial score (nSPS) is 25.3. The van der Waals surface area contributed by atoms with Crippen LogP contribution in [0.15, 0.2) is 42.5 Å². The molecule has 220 valence electrons. The molecule has 1 heterocycles. The van der Waals surface area contributed by atoms with Gasteiger partial charge in [-0.2, -0.15) is 0 Å². The quantitative estimate of drug-likeness (QED) is 0.330. The number of rotatable bonds is 8. The third-order valence-corrected chi connectivity index (χ3v) is 6.56. The van der Waals surface area contributed by atoms with Gasteiger partial charge in [0, 0.05) is 13.3 Å². The smallest absolute Gasteiger partial charge is 0.310 e. The highest BCUT2D eigenvalue weighted by Gasteiger charge is 2.35. The van der Waals surface area contributed by atoms with Gasteiger partial charge in [-0.05, 0) is 30.4 Å². The fraction of sp³-hybridized carbons (Fsp3) is 0.567. The fourth-order valence-electron chi connectivity index (χ4n) is 4.47. The Morgan fingerprint density at radius 2 is 1.68 bits per heavy atom. The van der Waals surface area contributed by atoms with Crippen molar-refractivity contribution in [2.75, 3.05) is 0 Å². The van der Waals surface area contributed by atoms with E-state index in [-0.39, 0.29) is 31.6 Å². The van der Waals surface area contributed by atoms with Crippen LogP contribution in [0.1, 0.15) is 72.3 Å². The van der Waals surface area contributed by atoms with Crippen LogP contribution in [0, 0.1) is 5.92 Å². The summed E-state index contributed by atoms with van der Waals surface area (Å²) in [5.41, 5.74) is 0.827. The lowest BCUT2D eigenvalue weighted by Gasteiger charge is -2.31. The van der Waals surface area contributed by atoms with Gasteiger partial charge in [0.1, 0.15) is 24.3 Å². The van der Waals surface area contributed by atoms with Crippen LogP contribution in [0.25, 0.3) is 0 Å². The molecule has 1 fully saturated rings. The SMILES string of the molecule is CCC/C=C/[C@@H]1CC(=O)N[C@H](Cc2ccccc2)C(=O)N[C@H](CC)C(=O)N[C@H](C(C)C)[C@H](OC(C)=O)CC(=O)O1. The van der Waals surface area contributed by atoms with Crippen molar-refractivity contribution in [2.24, 2.45) is 5.92 Å². The molecular weight excluding hydrogens is 514 g/mol. The molecule has 0 aromatic heterocycles. The minimum Gasteiger partial charge on any atom is -0.460 e. The lowest BCUT2D eigenvalue weighted by molar-refractivity contribution is -0.158. The first-order chi connectivity index (χ1) is 19.0. The van der Waals surface area contributed by atoms with Crippen molar-refractivity contribution in [3.8, 4) is 0 Å². The standard InChI is InChI=1S/C30H43N3O7/c1-6-8-10-15-22-17-26(35)31-24(16-21-13-11-9-12-14-21)30(38)32-23(7-2)29(37)33-28(19(3)4)25(39-20(5)34)18-27(36)40-22/h9-15,19,22-25,28H,6-8,16-18H2,1-5H3,(H,31,35)(H,32,38)(H,33,37)/b15-10+/t22-,23-,24-,25-,28-/m1/s1. The van der Waals surface area contributed by atoms with Crippen molar-refractivity contribution in [2.45, 2.75) is 103 Å². The van der Waals surface area contributed by atoms with Gasteiger partial charge in [-0.15, -0.1) is 0 Å². The Balaban J connectivity index is 2.47. The number of esters is 2. The number of cyclic esters (lactones) is 1. The van der Waals surface area contributed by atoms with E-state index in [0.717, 1.165) is 18.4 Å². The summed E-state index contributed by atoms with van der Waals surface area (Å²) in [6.07, 6.45) is 3.14. The number of unbranched alkanes of at least 4 members (excludes halogenated alkanes) is 1. The van der Waals surface area contributed by atoms with E-state index in [9.17, 15) is 24.0 Å². The van der Waals surface area contributed by atoms with E-state index < -0.39 is 60.0 Å². The lowest BCUT2D eigenvalue weighted by atomic mass is 9.95. The van der Waals surface area contributed by atoms with Crippen LogP contribution in [0.3, 0.4) is 0 Å². The fourth-order valence-corrected chi connectivity index (χ4v) is 4.47. The number of allylic oxidation sites excluding steroid dienone is 1. The largest absolute Gasteiger partial charge is 0.460 e. The highest BCUT2D eigenvalue weighted by atomic mass is 16.6. The van der Waals surface area contributed by atoms with Crippen molar-refractivity contribution in [3.63, 3.8) is 0 Å². The van der Waals surface area contributed by atoms with E-state index in [4.69, 9.17) is 9.47 Å². The highest BCUT2D eigenvalue weighted by Crippen LogP contribution is 2.17. The molecule has 10 heteroatoms. The van der Waals surface area contributed by atoms with Crippen molar-refractivity contribution in [1.29, 1.82) is 0 Å². The average molecular weight is 558 g/mol. The lowest BCUT2D eigenvalue weighted by Crippen LogP contribution is -2.57. The monoisotopic (exact) mass is 557 g/mol. The van der Waals surface area contributed by atoms with Gasteiger partial charge in [-0.1, -0.05) is 70.5 Å². The molecule has 0 bridgehead atoms. The molecule has 1 saturated heterocycles. The zero-order valence-corrected chi connectivity index (χ0v) is 24.1. The highest BCUT2D eigenvalue weighted by molar-refractivity contribution is 5.92. The molecule has 3 amide bonds. The van der Waals surface area contributed by atoms with E-state index in [0.29, 0.717) is 0 Å². The molecule has 0 aliphatic carbocycles. The summed E-state index contributed by atoms with van der Waals surface area (Å²) in [7, 11) is 0. The summed E-state index contributed by atoms with van der Waals surface area (Å²) in [6.45, 7) is 8.63. The molecule has 40 heavy (non-hydrogen) atoms. The topological polar surface area (TPSA) is 140 Å². The summed E-state index contributed by atoms with van der Waals surface area (Å²) >= 11 is 0. The van der Waals surface area contributed by atoms with E-state index in [1.807, 2.05) is 57.2 Å². The Morgan fingerprint density at radius 1 is 1.00 bits per heavy atom. The molecule has 0 saturated carbocycles. The zero-order chi connectivity index (χ0) is 29.7. The Hall–Kier alpha value is -3.69. The molecule has 0 spiro atoms. The van der Waals surface area contributed by atoms with Crippen LogP contribution >= 0.6 is 0 Å². The Morgan fingerprint density at radius 3 is 2.27 bits per heavy atom. The Kier molecular flexibility index (Phi) is 13.4.